The van der Waals surface area contributed by atoms with Crippen molar-refractivity contribution in [1.82, 2.24) is 10.3 Å². The Labute approximate surface area is 39.3 Å². The molecule has 0 aliphatic heterocycles. The van der Waals surface area contributed by atoms with E-state index in [1.54, 1.807) is 0 Å². The third-order valence-electron chi connectivity index (χ3n) is 0.499. The zero-order chi connectivity index (χ0) is 5.11. The average molecular weight is 100 g/mol. The van der Waals surface area contributed by atoms with E-state index >= 15 is 0 Å². The predicted octanol–water partition coefficient (Wildman–Crippen LogP) is -0.503. The van der Waals surface area contributed by atoms with Crippen molar-refractivity contribution in [2.24, 2.45) is 0 Å². The summed E-state index contributed by atoms with van der Waals surface area (Å²) in [5.41, 5.74) is 0. The minimum atomic E-state index is 0.139. The van der Waals surface area contributed by atoms with Crippen molar-refractivity contribution >= 4 is 0 Å². The van der Waals surface area contributed by atoms with Crippen LogP contribution >= 0.6 is 0 Å². The second-order valence-electron chi connectivity index (χ2n) is 0.984. The van der Waals surface area contributed by atoms with Gasteiger partial charge in [-0.05, 0) is 0 Å². The van der Waals surface area contributed by atoms with Crippen LogP contribution in [0.15, 0.2) is 18.5 Å². The van der Waals surface area contributed by atoms with Gasteiger partial charge >= 0.3 is 0 Å². The van der Waals surface area contributed by atoms with E-state index in [1.165, 1.54) is 12.3 Å². The molecule has 1 heterocycles. The van der Waals surface area contributed by atoms with Gasteiger partial charge in [0.25, 0.3) is 0 Å². The molecule has 0 saturated heterocycles. The van der Waals surface area contributed by atoms with E-state index in [4.69, 9.17) is 0 Å². The maximum Gasteiger partial charge on any atom is 0.176 e. The van der Waals surface area contributed by atoms with Crippen LogP contribution in [0.4, 0.5) is 4.48 Å². The summed E-state index contributed by atoms with van der Waals surface area (Å²) in [5.74, 6) is 0. The molecule has 4 heteroatoms. The fourth-order valence-corrected chi connectivity index (χ4v) is 0.257. The van der Waals surface area contributed by atoms with Gasteiger partial charge in [0.15, 0.2) is 17.6 Å². The van der Waals surface area contributed by atoms with Gasteiger partial charge in [0.2, 0.25) is 0 Å². The first-order chi connectivity index (χ1) is 3.39. The molecule has 0 aliphatic carbocycles. The number of hydrogen-bond acceptors (Lipinski definition) is 2. The van der Waals surface area contributed by atoms with Crippen LogP contribution in [0.1, 0.15) is 0 Å². The summed E-state index contributed by atoms with van der Waals surface area (Å²) in [6.07, 6.45) is 2.56. The molecular formula is C3H3FN3+. The van der Waals surface area contributed by atoms with Gasteiger partial charge in [-0.3, -0.25) is 0 Å². The Morgan fingerprint density at radius 2 is 2.43 bits per heavy atom. The largest absolute Gasteiger partial charge is 0.176 e. The van der Waals surface area contributed by atoms with Gasteiger partial charge in [0, 0.05) is 10.5 Å². The zero-order valence-electron chi connectivity index (χ0n) is 3.45. The van der Waals surface area contributed by atoms with Crippen molar-refractivity contribution in [2.45, 2.75) is 0 Å². The second kappa shape index (κ2) is 1.59. The molecular weight excluding hydrogens is 97.1 g/mol. The summed E-state index contributed by atoms with van der Waals surface area (Å²) < 4.78 is 11.6. The highest BCUT2D eigenvalue weighted by Gasteiger charge is 1.87. The van der Waals surface area contributed by atoms with Crippen LogP contribution in [0.5, 0.6) is 0 Å². The van der Waals surface area contributed by atoms with Crippen LogP contribution in [0.25, 0.3) is 0 Å². The Hall–Kier alpha value is -1.06. The zero-order valence-corrected chi connectivity index (χ0v) is 3.45. The highest BCUT2D eigenvalue weighted by atomic mass is 19.2. The molecule has 0 atom stereocenters. The molecule has 0 radical (unpaired) electrons. The predicted molar refractivity (Wildman–Crippen MR) is 18.7 cm³/mol. The fourth-order valence-electron chi connectivity index (χ4n) is 0.257. The minimum absolute atomic E-state index is 0.139. The van der Waals surface area contributed by atoms with Crippen LogP contribution in [-0.4, -0.2) is 10.3 Å². The van der Waals surface area contributed by atoms with E-state index in [0.29, 0.717) is 0 Å². The van der Waals surface area contributed by atoms with Crippen molar-refractivity contribution in [2.75, 3.05) is 0 Å². The number of nitrogens with zero attached hydrogens (tertiary/aromatic N) is 3. The first-order valence-electron chi connectivity index (χ1n) is 1.75. The van der Waals surface area contributed by atoms with E-state index in [9.17, 15) is 4.48 Å². The Balaban J connectivity index is 3.02. The van der Waals surface area contributed by atoms with E-state index in [-0.39, 0.29) is 4.90 Å². The SMILES string of the molecule is F[n+]1cccnn1. The van der Waals surface area contributed by atoms with Crippen molar-refractivity contribution in [3.05, 3.63) is 18.5 Å². The molecule has 1 aromatic rings. The normalized spacial score (nSPS) is 8.71. The summed E-state index contributed by atoms with van der Waals surface area (Å²) >= 11 is 0. The summed E-state index contributed by atoms with van der Waals surface area (Å²) in [6, 6.07) is 1.45. The lowest BCUT2D eigenvalue weighted by Gasteiger charge is -1.67. The van der Waals surface area contributed by atoms with Crippen LogP contribution in [0.3, 0.4) is 0 Å². The van der Waals surface area contributed by atoms with Gasteiger partial charge in [-0.1, -0.05) is 0 Å². The maximum atomic E-state index is 11.6. The van der Waals surface area contributed by atoms with Gasteiger partial charge in [0.1, 0.15) is 0 Å². The van der Waals surface area contributed by atoms with Gasteiger partial charge in [-0.25, -0.2) is 0 Å². The van der Waals surface area contributed by atoms with Gasteiger partial charge in [-0.2, -0.15) is 0 Å². The molecule has 0 unspecified atom stereocenters. The molecule has 7 heavy (non-hydrogen) atoms. The van der Waals surface area contributed by atoms with Crippen molar-refractivity contribution in [3.8, 4) is 0 Å². The maximum absolute atomic E-state index is 11.6. The smallest absolute Gasteiger partial charge is 0.0293 e. The summed E-state index contributed by atoms with van der Waals surface area (Å²) in [6.45, 7) is 0. The Bertz CT molecular complexity index is 140. The average Bonchev–Trinajstić information content (AvgIpc) is 1.69. The number of hydrogen-bond donors (Lipinski definition) is 0. The molecule has 0 bridgehead atoms. The summed E-state index contributed by atoms with van der Waals surface area (Å²) in [5, 5.41) is 6.20. The van der Waals surface area contributed by atoms with Crippen molar-refractivity contribution < 1.29 is 9.39 Å². The van der Waals surface area contributed by atoms with E-state index < -0.39 is 0 Å². The van der Waals surface area contributed by atoms with E-state index in [2.05, 4.69) is 10.3 Å². The molecule has 0 amide bonds. The Morgan fingerprint density at radius 1 is 1.57 bits per heavy atom. The van der Waals surface area contributed by atoms with Gasteiger partial charge < -0.3 is 0 Å². The van der Waals surface area contributed by atoms with Crippen LogP contribution < -0.4 is 4.90 Å². The lowest BCUT2D eigenvalue weighted by atomic mass is 10.7. The van der Waals surface area contributed by atoms with Crippen molar-refractivity contribution in [3.63, 3.8) is 0 Å². The van der Waals surface area contributed by atoms with E-state index in [1.807, 2.05) is 0 Å². The highest BCUT2D eigenvalue weighted by Crippen LogP contribution is 1.62. The standard InChI is InChI=1S/C3H3FN3/c4-7-3-1-2-5-6-7/h1-3H/q+1. The highest BCUT2D eigenvalue weighted by molar-refractivity contribution is 4.65. The number of aromatic nitrogens is 3. The third kappa shape index (κ3) is 0.887. The first-order valence-corrected chi connectivity index (χ1v) is 1.75. The molecule has 1 aromatic heterocycles. The molecule has 0 fully saturated rings. The van der Waals surface area contributed by atoms with Crippen molar-refractivity contribution in [1.29, 1.82) is 0 Å². The van der Waals surface area contributed by atoms with Crippen LogP contribution in [0, 0.1) is 0 Å². The second-order valence-corrected chi connectivity index (χ2v) is 0.984. The van der Waals surface area contributed by atoms with Gasteiger partial charge in [0.05, 0.1) is 10.0 Å². The Morgan fingerprint density at radius 3 is 2.71 bits per heavy atom. The van der Waals surface area contributed by atoms with E-state index in [0.717, 1.165) is 6.20 Å². The molecule has 3 nitrogen and oxygen atoms in total. The number of halogens is 1. The molecule has 0 spiro atoms. The fraction of sp³-hybridized carbons (Fsp3) is 0. The molecule has 36 valence electrons. The molecule has 0 aliphatic rings. The molecule has 1 rings (SSSR count). The summed E-state index contributed by atoms with van der Waals surface area (Å²) in [4.78, 5) is 0.139. The lowest BCUT2D eigenvalue weighted by Crippen LogP contribution is -2.26. The molecule has 0 saturated carbocycles. The number of rotatable bonds is 0. The molecule has 0 aromatic carbocycles. The first kappa shape index (κ1) is 4.11. The minimum Gasteiger partial charge on any atom is 0.0293 e. The quantitative estimate of drug-likeness (QED) is 0.439. The van der Waals surface area contributed by atoms with Crippen LogP contribution in [0.2, 0.25) is 0 Å². The van der Waals surface area contributed by atoms with Crippen LogP contribution in [-0.2, 0) is 0 Å². The monoisotopic (exact) mass is 100 g/mol. The molecule has 0 N–H and O–H groups in total. The Kier molecular flexibility index (Phi) is 0.934. The third-order valence-corrected chi connectivity index (χ3v) is 0.499. The van der Waals surface area contributed by atoms with Gasteiger partial charge in [-0.15, -0.1) is 0 Å². The topological polar surface area (TPSA) is 29.7 Å². The lowest BCUT2D eigenvalue weighted by molar-refractivity contribution is -0.895. The summed E-state index contributed by atoms with van der Waals surface area (Å²) in [7, 11) is 0.